The number of carbonyl (C=O) groups is 3. The zero-order valence-corrected chi connectivity index (χ0v) is 18.1. The van der Waals surface area contributed by atoms with Gasteiger partial charge >= 0.3 is 6.09 Å². The SMILES string of the molecule is CCCCNC(=O)C(c1ccc(O)cc1)N(CCO)C(=O)CNC(=O)OC(C)(C)C. The maximum absolute atomic E-state index is 12.9. The van der Waals surface area contributed by atoms with Gasteiger partial charge in [-0.05, 0) is 44.9 Å². The first-order valence-corrected chi connectivity index (χ1v) is 10.0. The zero-order valence-electron chi connectivity index (χ0n) is 18.1. The Morgan fingerprint density at radius 3 is 2.30 bits per heavy atom. The molecule has 0 fully saturated rings. The number of nitrogens with zero attached hydrogens (tertiary/aromatic N) is 1. The van der Waals surface area contributed by atoms with Crippen molar-refractivity contribution in [2.75, 3.05) is 26.2 Å². The Morgan fingerprint density at radius 2 is 1.77 bits per heavy atom. The fourth-order valence-corrected chi connectivity index (χ4v) is 2.68. The number of ether oxygens (including phenoxy) is 1. The number of phenols is 1. The molecule has 9 heteroatoms. The fourth-order valence-electron chi connectivity index (χ4n) is 2.68. The zero-order chi connectivity index (χ0) is 22.7. The first-order valence-electron chi connectivity index (χ1n) is 10.0. The predicted molar refractivity (Wildman–Crippen MR) is 112 cm³/mol. The van der Waals surface area contributed by atoms with Crippen LogP contribution in [0.15, 0.2) is 24.3 Å². The van der Waals surface area contributed by atoms with Crippen molar-refractivity contribution in [3.05, 3.63) is 29.8 Å². The monoisotopic (exact) mass is 423 g/mol. The number of alkyl carbamates (subject to hydrolysis) is 1. The number of carbonyl (C=O) groups excluding carboxylic acids is 3. The van der Waals surface area contributed by atoms with Gasteiger partial charge in [0.2, 0.25) is 11.8 Å². The predicted octanol–water partition coefficient (Wildman–Crippen LogP) is 1.70. The average Bonchev–Trinajstić information content (AvgIpc) is 2.66. The van der Waals surface area contributed by atoms with Crippen molar-refractivity contribution in [3.63, 3.8) is 0 Å². The van der Waals surface area contributed by atoms with Crippen LogP contribution in [0.2, 0.25) is 0 Å². The minimum Gasteiger partial charge on any atom is -0.508 e. The van der Waals surface area contributed by atoms with E-state index in [1.165, 1.54) is 17.0 Å². The van der Waals surface area contributed by atoms with Crippen LogP contribution in [-0.2, 0) is 14.3 Å². The van der Waals surface area contributed by atoms with Crippen LogP contribution in [0, 0.1) is 0 Å². The second-order valence-corrected chi connectivity index (χ2v) is 7.80. The Bertz CT molecular complexity index is 700. The highest BCUT2D eigenvalue weighted by atomic mass is 16.6. The molecule has 1 aromatic rings. The molecular formula is C21H33N3O6. The number of benzene rings is 1. The molecule has 168 valence electrons. The number of aromatic hydroxyl groups is 1. The lowest BCUT2D eigenvalue weighted by Crippen LogP contribution is -2.48. The summed E-state index contributed by atoms with van der Waals surface area (Å²) in [5.41, 5.74) is -0.244. The smallest absolute Gasteiger partial charge is 0.408 e. The molecule has 0 spiro atoms. The van der Waals surface area contributed by atoms with Gasteiger partial charge in [-0.2, -0.15) is 0 Å². The van der Waals surface area contributed by atoms with E-state index in [1.807, 2.05) is 6.92 Å². The third-order valence-electron chi connectivity index (χ3n) is 4.04. The molecule has 0 aliphatic heterocycles. The molecule has 0 radical (unpaired) electrons. The second-order valence-electron chi connectivity index (χ2n) is 7.80. The highest BCUT2D eigenvalue weighted by molar-refractivity contribution is 5.90. The van der Waals surface area contributed by atoms with Crippen LogP contribution in [0.3, 0.4) is 0 Å². The van der Waals surface area contributed by atoms with E-state index in [4.69, 9.17) is 4.74 Å². The van der Waals surface area contributed by atoms with Crippen molar-refractivity contribution in [1.82, 2.24) is 15.5 Å². The molecule has 0 bridgehead atoms. The number of rotatable bonds is 10. The van der Waals surface area contributed by atoms with E-state index in [2.05, 4.69) is 10.6 Å². The third kappa shape index (κ3) is 8.69. The summed E-state index contributed by atoms with van der Waals surface area (Å²) in [6.07, 6.45) is 0.916. The van der Waals surface area contributed by atoms with E-state index in [9.17, 15) is 24.6 Å². The summed E-state index contributed by atoms with van der Waals surface area (Å²) >= 11 is 0. The van der Waals surface area contributed by atoms with Crippen LogP contribution in [0.4, 0.5) is 4.79 Å². The van der Waals surface area contributed by atoms with E-state index in [0.29, 0.717) is 12.1 Å². The van der Waals surface area contributed by atoms with Gasteiger partial charge in [-0.3, -0.25) is 9.59 Å². The molecule has 0 aliphatic rings. The van der Waals surface area contributed by atoms with Crippen molar-refractivity contribution in [2.45, 2.75) is 52.2 Å². The number of amides is 3. The van der Waals surface area contributed by atoms with Crippen LogP contribution in [0.5, 0.6) is 5.75 Å². The third-order valence-corrected chi connectivity index (χ3v) is 4.04. The molecular weight excluding hydrogens is 390 g/mol. The van der Waals surface area contributed by atoms with Crippen molar-refractivity contribution >= 4 is 17.9 Å². The van der Waals surface area contributed by atoms with Crippen molar-refractivity contribution < 1.29 is 29.3 Å². The van der Waals surface area contributed by atoms with E-state index in [-0.39, 0.29) is 18.9 Å². The topological polar surface area (TPSA) is 128 Å². The van der Waals surface area contributed by atoms with Gasteiger partial charge in [0, 0.05) is 13.1 Å². The average molecular weight is 424 g/mol. The Hall–Kier alpha value is -2.81. The maximum atomic E-state index is 12.9. The minimum absolute atomic E-state index is 0.0236. The Morgan fingerprint density at radius 1 is 1.13 bits per heavy atom. The molecule has 4 N–H and O–H groups in total. The summed E-state index contributed by atoms with van der Waals surface area (Å²) < 4.78 is 5.12. The molecule has 0 saturated heterocycles. The maximum Gasteiger partial charge on any atom is 0.408 e. The van der Waals surface area contributed by atoms with Gasteiger partial charge in [-0.15, -0.1) is 0 Å². The number of aliphatic hydroxyl groups is 1. The first kappa shape index (κ1) is 25.2. The van der Waals surface area contributed by atoms with Crippen LogP contribution in [0.25, 0.3) is 0 Å². The minimum atomic E-state index is -1.03. The van der Waals surface area contributed by atoms with E-state index in [1.54, 1.807) is 32.9 Å². The lowest BCUT2D eigenvalue weighted by molar-refractivity contribution is -0.140. The van der Waals surface area contributed by atoms with Gasteiger partial charge in [-0.25, -0.2) is 4.79 Å². The highest BCUT2D eigenvalue weighted by Crippen LogP contribution is 2.23. The molecule has 3 amide bonds. The quantitative estimate of drug-likeness (QED) is 0.424. The molecule has 1 unspecified atom stereocenters. The highest BCUT2D eigenvalue weighted by Gasteiger charge is 2.31. The van der Waals surface area contributed by atoms with Crippen LogP contribution < -0.4 is 10.6 Å². The molecule has 9 nitrogen and oxygen atoms in total. The van der Waals surface area contributed by atoms with Gasteiger partial charge in [0.25, 0.3) is 0 Å². The van der Waals surface area contributed by atoms with Gasteiger partial charge in [-0.1, -0.05) is 25.5 Å². The number of hydrogen-bond acceptors (Lipinski definition) is 6. The molecule has 1 rings (SSSR count). The Balaban J connectivity index is 3.04. The van der Waals surface area contributed by atoms with Crippen LogP contribution in [0.1, 0.15) is 52.1 Å². The van der Waals surface area contributed by atoms with Crippen molar-refractivity contribution in [1.29, 1.82) is 0 Å². The largest absolute Gasteiger partial charge is 0.508 e. The first-order chi connectivity index (χ1) is 14.1. The standard InChI is InChI=1S/C21H33N3O6/c1-5-6-11-22-19(28)18(15-7-9-16(26)10-8-15)24(12-13-25)17(27)14-23-20(29)30-21(2,3)4/h7-10,18,25-26H,5-6,11-14H2,1-4H3,(H,22,28)(H,23,29). The lowest BCUT2D eigenvalue weighted by atomic mass is 10.0. The second kappa shape index (κ2) is 12.0. The molecule has 1 aromatic carbocycles. The lowest BCUT2D eigenvalue weighted by Gasteiger charge is -2.31. The summed E-state index contributed by atoms with van der Waals surface area (Å²) in [6, 6.07) is 4.89. The van der Waals surface area contributed by atoms with Crippen LogP contribution >= 0.6 is 0 Å². The molecule has 30 heavy (non-hydrogen) atoms. The van der Waals surface area contributed by atoms with Crippen LogP contribution in [-0.4, -0.2) is 64.9 Å². The number of aliphatic hydroxyl groups excluding tert-OH is 1. The van der Waals surface area contributed by atoms with Gasteiger partial charge in [0.05, 0.1) is 6.61 Å². The van der Waals surface area contributed by atoms with E-state index in [0.717, 1.165) is 12.8 Å². The molecule has 0 aromatic heterocycles. The van der Waals surface area contributed by atoms with E-state index < -0.39 is 36.1 Å². The van der Waals surface area contributed by atoms with Gasteiger partial charge in [0.15, 0.2) is 0 Å². The number of unbranched alkanes of at least 4 members (excludes halogenated alkanes) is 1. The summed E-state index contributed by atoms with van der Waals surface area (Å²) in [5.74, 6) is -0.942. The van der Waals surface area contributed by atoms with Gasteiger partial charge in [0.1, 0.15) is 23.9 Å². The molecule has 1 atom stereocenters. The van der Waals surface area contributed by atoms with E-state index >= 15 is 0 Å². The number of nitrogens with one attached hydrogen (secondary N) is 2. The number of phenolic OH excluding ortho intramolecular Hbond substituents is 1. The molecule has 0 aliphatic carbocycles. The Labute approximate surface area is 177 Å². The normalized spacial score (nSPS) is 12.0. The summed E-state index contributed by atoms with van der Waals surface area (Å²) in [4.78, 5) is 38.8. The number of hydrogen-bond donors (Lipinski definition) is 4. The summed E-state index contributed by atoms with van der Waals surface area (Å²) in [5, 5.41) is 24.2. The summed E-state index contributed by atoms with van der Waals surface area (Å²) in [7, 11) is 0. The van der Waals surface area contributed by atoms with Crippen molar-refractivity contribution in [3.8, 4) is 5.75 Å². The summed E-state index contributed by atoms with van der Waals surface area (Å²) in [6.45, 7) is 6.67. The van der Waals surface area contributed by atoms with Gasteiger partial charge < -0.3 is 30.5 Å². The van der Waals surface area contributed by atoms with Crippen molar-refractivity contribution in [2.24, 2.45) is 0 Å². The Kier molecular flexibility index (Phi) is 10.1. The molecule has 0 heterocycles. The fraction of sp³-hybridized carbons (Fsp3) is 0.571. The molecule has 0 saturated carbocycles.